The molecule has 3 nitrogen and oxygen atoms in total. The fourth-order valence-corrected chi connectivity index (χ4v) is 4.22. The Labute approximate surface area is 194 Å². The molecule has 0 unspecified atom stereocenters. The maximum Gasteiger partial charge on any atom is 0.159 e. The summed E-state index contributed by atoms with van der Waals surface area (Å²) in [5.41, 5.74) is 3.83. The van der Waals surface area contributed by atoms with E-state index in [4.69, 9.17) is 4.42 Å². The second-order valence-corrected chi connectivity index (χ2v) is 8.08. The third-order valence-electron chi connectivity index (χ3n) is 5.89. The van der Waals surface area contributed by atoms with Crippen LogP contribution in [0.3, 0.4) is 0 Å². The molecule has 0 fully saturated rings. The lowest BCUT2D eigenvalue weighted by Crippen LogP contribution is -1.92. The SMILES string of the molecule is CC(=O)c1ccc(-c2c(-c3ccccc3F)oc3c(-c4ccccc4F)cc(CO)cc23)cc1. The van der Waals surface area contributed by atoms with Gasteiger partial charge in [0, 0.05) is 27.6 Å². The van der Waals surface area contributed by atoms with Gasteiger partial charge in [-0.25, -0.2) is 8.78 Å². The van der Waals surface area contributed by atoms with E-state index in [0.29, 0.717) is 44.3 Å². The molecule has 0 amide bonds. The Bertz CT molecular complexity index is 1530. The van der Waals surface area contributed by atoms with E-state index in [0.717, 1.165) is 0 Å². The number of carbonyl (C=O) groups excluding carboxylic acids is 1. The normalized spacial score (nSPS) is 11.2. The molecule has 5 rings (SSSR count). The van der Waals surface area contributed by atoms with Crippen LogP contribution in [0.5, 0.6) is 0 Å². The van der Waals surface area contributed by atoms with Gasteiger partial charge in [0.05, 0.1) is 12.2 Å². The quantitative estimate of drug-likeness (QED) is 0.281. The number of fused-ring (bicyclic) bond motifs is 1. The first-order chi connectivity index (χ1) is 16.5. The number of aliphatic hydroxyl groups excluding tert-OH is 1. The summed E-state index contributed by atoms with van der Waals surface area (Å²) in [7, 11) is 0. The smallest absolute Gasteiger partial charge is 0.159 e. The molecule has 0 spiro atoms. The highest BCUT2D eigenvalue weighted by atomic mass is 19.1. The first-order valence-corrected chi connectivity index (χ1v) is 10.8. The Morgan fingerprint density at radius 3 is 2.03 bits per heavy atom. The van der Waals surface area contributed by atoms with Crippen LogP contribution in [0, 0.1) is 11.6 Å². The van der Waals surface area contributed by atoms with Crippen LogP contribution < -0.4 is 0 Å². The van der Waals surface area contributed by atoms with Crippen molar-refractivity contribution in [3.8, 4) is 33.6 Å². The lowest BCUT2D eigenvalue weighted by atomic mass is 9.93. The van der Waals surface area contributed by atoms with Crippen molar-refractivity contribution in [1.29, 1.82) is 0 Å². The van der Waals surface area contributed by atoms with Gasteiger partial charge in [-0.1, -0.05) is 54.6 Å². The van der Waals surface area contributed by atoms with Gasteiger partial charge in [0.15, 0.2) is 5.78 Å². The van der Waals surface area contributed by atoms with E-state index in [-0.39, 0.29) is 23.7 Å². The average molecular weight is 454 g/mol. The highest BCUT2D eigenvalue weighted by Crippen LogP contribution is 2.45. The van der Waals surface area contributed by atoms with Gasteiger partial charge in [0.2, 0.25) is 0 Å². The molecule has 34 heavy (non-hydrogen) atoms. The van der Waals surface area contributed by atoms with Crippen LogP contribution in [0.25, 0.3) is 44.5 Å². The zero-order valence-electron chi connectivity index (χ0n) is 18.3. The van der Waals surface area contributed by atoms with Crippen molar-refractivity contribution in [3.63, 3.8) is 0 Å². The van der Waals surface area contributed by atoms with Crippen LogP contribution in [0.1, 0.15) is 22.8 Å². The Balaban J connectivity index is 1.89. The summed E-state index contributed by atoms with van der Waals surface area (Å²) in [6.07, 6.45) is 0. The Morgan fingerprint density at radius 1 is 0.824 bits per heavy atom. The van der Waals surface area contributed by atoms with Gasteiger partial charge in [0.1, 0.15) is 23.0 Å². The molecule has 4 aromatic carbocycles. The summed E-state index contributed by atoms with van der Waals surface area (Å²) in [4.78, 5) is 11.8. The molecule has 0 saturated heterocycles. The summed E-state index contributed by atoms with van der Waals surface area (Å²) in [6.45, 7) is 1.22. The first kappa shape index (κ1) is 21.7. The fraction of sp³-hybridized carbons (Fsp3) is 0.0690. The molecule has 0 aliphatic rings. The number of furan rings is 1. The molecule has 5 aromatic rings. The number of hydrogen-bond acceptors (Lipinski definition) is 3. The predicted molar refractivity (Wildman–Crippen MR) is 128 cm³/mol. The molecular formula is C29H20F2O3. The Kier molecular flexibility index (Phi) is 5.56. The van der Waals surface area contributed by atoms with Gasteiger partial charge in [-0.2, -0.15) is 0 Å². The third-order valence-corrected chi connectivity index (χ3v) is 5.89. The molecule has 0 atom stereocenters. The first-order valence-electron chi connectivity index (χ1n) is 10.8. The third kappa shape index (κ3) is 3.70. The molecule has 5 heteroatoms. The summed E-state index contributed by atoms with van der Waals surface area (Å²) < 4.78 is 36.0. The Morgan fingerprint density at radius 2 is 1.44 bits per heavy atom. The standard InChI is InChI=1S/C29H20F2O3/c1-17(33)19-10-12-20(13-11-19)27-24-15-18(16-32)14-23(21-6-2-4-8-25(21)30)28(24)34-29(27)22-7-3-5-9-26(22)31/h2-15,32H,16H2,1H3. The molecule has 1 aromatic heterocycles. The van der Waals surface area contributed by atoms with Gasteiger partial charge in [0.25, 0.3) is 0 Å². The predicted octanol–water partition coefficient (Wildman–Crippen LogP) is 7.41. The summed E-state index contributed by atoms with van der Waals surface area (Å²) in [5, 5.41) is 10.6. The molecule has 0 bridgehead atoms. The molecular weight excluding hydrogens is 434 g/mol. The number of carbonyl (C=O) groups is 1. The van der Waals surface area contributed by atoms with Crippen molar-refractivity contribution >= 4 is 16.8 Å². The van der Waals surface area contributed by atoms with Gasteiger partial charge in [-0.15, -0.1) is 0 Å². The maximum absolute atomic E-state index is 14.9. The second kappa shape index (κ2) is 8.69. The minimum absolute atomic E-state index is 0.0673. The number of ketones is 1. The minimum Gasteiger partial charge on any atom is -0.455 e. The summed E-state index contributed by atoms with van der Waals surface area (Å²) in [6, 6.07) is 23.0. The van der Waals surface area contributed by atoms with Crippen LogP contribution in [-0.4, -0.2) is 10.9 Å². The molecule has 1 N–H and O–H groups in total. The van der Waals surface area contributed by atoms with E-state index in [1.54, 1.807) is 72.8 Å². The molecule has 0 saturated carbocycles. The van der Waals surface area contributed by atoms with Crippen molar-refractivity contribution in [1.82, 2.24) is 0 Å². The second-order valence-electron chi connectivity index (χ2n) is 8.08. The number of benzene rings is 4. The van der Waals surface area contributed by atoms with E-state index in [1.807, 2.05) is 0 Å². The van der Waals surface area contributed by atoms with Gasteiger partial charge < -0.3 is 9.52 Å². The van der Waals surface area contributed by atoms with Crippen LogP contribution in [0.2, 0.25) is 0 Å². The number of Topliss-reactive ketones (excluding diaryl/α,β-unsaturated/α-hetero) is 1. The molecule has 0 aliphatic carbocycles. The highest BCUT2D eigenvalue weighted by Gasteiger charge is 2.24. The van der Waals surface area contributed by atoms with E-state index >= 15 is 0 Å². The molecule has 1 heterocycles. The van der Waals surface area contributed by atoms with Gasteiger partial charge in [-0.3, -0.25) is 4.79 Å². The number of halogens is 2. The molecule has 168 valence electrons. The fourth-order valence-electron chi connectivity index (χ4n) is 4.22. The van der Waals surface area contributed by atoms with E-state index < -0.39 is 11.6 Å². The van der Waals surface area contributed by atoms with Crippen LogP contribution >= 0.6 is 0 Å². The zero-order chi connectivity index (χ0) is 23.8. The van der Waals surface area contributed by atoms with Crippen LogP contribution in [0.4, 0.5) is 8.78 Å². The highest BCUT2D eigenvalue weighted by molar-refractivity contribution is 6.07. The largest absolute Gasteiger partial charge is 0.455 e. The van der Waals surface area contributed by atoms with Crippen molar-refractivity contribution in [3.05, 3.63) is 108 Å². The Hall–Kier alpha value is -4.09. The van der Waals surface area contributed by atoms with Crippen molar-refractivity contribution in [2.45, 2.75) is 13.5 Å². The monoisotopic (exact) mass is 454 g/mol. The number of hydrogen-bond donors (Lipinski definition) is 1. The summed E-state index contributed by atoms with van der Waals surface area (Å²) in [5.74, 6) is -0.674. The average Bonchev–Trinajstić information content (AvgIpc) is 3.23. The van der Waals surface area contributed by atoms with E-state index in [9.17, 15) is 18.7 Å². The summed E-state index contributed by atoms with van der Waals surface area (Å²) >= 11 is 0. The van der Waals surface area contributed by atoms with Crippen LogP contribution in [-0.2, 0) is 6.61 Å². The van der Waals surface area contributed by atoms with E-state index in [1.165, 1.54) is 19.1 Å². The van der Waals surface area contributed by atoms with Crippen molar-refractivity contribution < 1.29 is 23.1 Å². The molecule has 0 radical (unpaired) electrons. The lowest BCUT2D eigenvalue weighted by molar-refractivity contribution is 0.101. The zero-order valence-corrected chi connectivity index (χ0v) is 18.3. The number of rotatable bonds is 5. The van der Waals surface area contributed by atoms with E-state index in [2.05, 4.69) is 0 Å². The van der Waals surface area contributed by atoms with Crippen molar-refractivity contribution in [2.24, 2.45) is 0 Å². The van der Waals surface area contributed by atoms with Crippen molar-refractivity contribution in [2.75, 3.05) is 0 Å². The van der Waals surface area contributed by atoms with Crippen LogP contribution in [0.15, 0.2) is 89.3 Å². The van der Waals surface area contributed by atoms with Gasteiger partial charge >= 0.3 is 0 Å². The molecule has 0 aliphatic heterocycles. The maximum atomic E-state index is 14.9. The lowest BCUT2D eigenvalue weighted by Gasteiger charge is -2.08. The van der Waals surface area contributed by atoms with Gasteiger partial charge in [-0.05, 0) is 48.4 Å². The minimum atomic E-state index is -0.460. The topological polar surface area (TPSA) is 50.4 Å². The number of aliphatic hydroxyl groups is 1.